The minimum Gasteiger partial charge on any atom is -0.449 e. The van der Waals surface area contributed by atoms with E-state index in [9.17, 15) is 24.0 Å². The van der Waals surface area contributed by atoms with Gasteiger partial charge in [0, 0.05) is 25.2 Å². The number of carbonyl (C=O) groups excluding carboxylic acids is 5. The number of nitrogens with two attached hydrogens (primary N) is 1. The molecule has 0 bridgehead atoms. The summed E-state index contributed by atoms with van der Waals surface area (Å²) in [5.74, 6) is -1.76. The zero-order valence-corrected chi connectivity index (χ0v) is 37.2. The molecule has 6 amide bonds. The fraction of sp³-hybridized carbons (Fsp3) is 0.286. The van der Waals surface area contributed by atoms with Crippen LogP contribution in [0.5, 0.6) is 0 Å². The highest BCUT2D eigenvalue weighted by Crippen LogP contribution is 2.44. The topological polar surface area (TPSA) is 181 Å². The SMILES string of the molecule is CN(CC(=O)Nc1ccc(CO[Si](c2ccccc2)(c2ccccc2)C(C)(C)C)cc1)C(=O)CNC(=O)[C@H](CCCNC(N)=O)NC(=O)OCC1c2ccccc2-c2ccccc21. The summed E-state index contributed by atoms with van der Waals surface area (Å²) >= 11 is 0. The van der Waals surface area contributed by atoms with Gasteiger partial charge in [0.2, 0.25) is 17.7 Å². The molecule has 0 aromatic heterocycles. The summed E-state index contributed by atoms with van der Waals surface area (Å²) in [7, 11) is -1.28. The average Bonchev–Trinajstić information content (AvgIpc) is 3.60. The van der Waals surface area contributed by atoms with Crippen molar-refractivity contribution in [2.24, 2.45) is 5.73 Å². The van der Waals surface area contributed by atoms with Crippen LogP contribution < -0.4 is 37.4 Å². The number of amides is 6. The maximum atomic E-state index is 13.4. The summed E-state index contributed by atoms with van der Waals surface area (Å²) in [4.78, 5) is 65.0. The van der Waals surface area contributed by atoms with Gasteiger partial charge in [0.05, 0.1) is 19.7 Å². The molecule has 0 saturated carbocycles. The maximum Gasteiger partial charge on any atom is 0.407 e. The van der Waals surface area contributed by atoms with Crippen LogP contribution in [0.2, 0.25) is 5.04 Å². The van der Waals surface area contributed by atoms with Gasteiger partial charge in [-0.3, -0.25) is 14.4 Å². The van der Waals surface area contributed by atoms with E-state index in [1.165, 1.54) is 22.3 Å². The van der Waals surface area contributed by atoms with Gasteiger partial charge in [-0.05, 0) is 68.2 Å². The second-order valence-corrected chi connectivity index (χ2v) is 20.9. The number of alkyl carbamates (subject to hydrolysis) is 1. The van der Waals surface area contributed by atoms with Gasteiger partial charge in [-0.2, -0.15) is 0 Å². The van der Waals surface area contributed by atoms with E-state index in [1.807, 2.05) is 72.8 Å². The van der Waals surface area contributed by atoms with Crippen LogP contribution in [-0.4, -0.2) is 82.4 Å². The smallest absolute Gasteiger partial charge is 0.407 e. The number of primary amides is 1. The summed E-state index contributed by atoms with van der Waals surface area (Å²) in [5.41, 5.74) is 10.9. The number of rotatable bonds is 18. The number of nitrogens with zero attached hydrogens (tertiary/aromatic N) is 1. The number of hydrogen-bond acceptors (Lipinski definition) is 7. The van der Waals surface area contributed by atoms with Crippen LogP contribution >= 0.6 is 0 Å². The van der Waals surface area contributed by atoms with E-state index < -0.39 is 50.7 Å². The number of nitrogens with one attached hydrogen (secondary N) is 4. The zero-order chi connectivity index (χ0) is 45.0. The Hall–Kier alpha value is -6.77. The monoisotopic (exact) mass is 868 g/mol. The van der Waals surface area contributed by atoms with Crippen molar-refractivity contribution >= 4 is 54.2 Å². The second kappa shape index (κ2) is 20.9. The average molecular weight is 869 g/mol. The Morgan fingerprint density at radius 2 is 1.30 bits per heavy atom. The molecule has 0 saturated heterocycles. The Kier molecular flexibility index (Phi) is 15.1. The zero-order valence-electron chi connectivity index (χ0n) is 36.2. The Bertz CT molecular complexity index is 2290. The molecule has 0 heterocycles. The molecule has 0 radical (unpaired) electrons. The van der Waals surface area contributed by atoms with Crippen molar-refractivity contribution in [3.8, 4) is 11.1 Å². The summed E-state index contributed by atoms with van der Waals surface area (Å²) in [5, 5.41) is 12.7. The molecule has 13 nitrogen and oxygen atoms in total. The van der Waals surface area contributed by atoms with Crippen molar-refractivity contribution in [1.82, 2.24) is 20.9 Å². The Labute approximate surface area is 369 Å². The molecule has 6 rings (SSSR count). The van der Waals surface area contributed by atoms with Crippen molar-refractivity contribution in [3.63, 3.8) is 0 Å². The lowest BCUT2D eigenvalue weighted by Gasteiger charge is -2.43. The standard InChI is InChI=1S/C49H56N6O7Si/c1-49(2,3)63(36-16-7-5-8-17-36,37-18-9-6-10-19-37)62-32-34-25-27-35(28-26-34)53-44(56)31-55(4)45(57)30-52-46(58)43(24-15-29-51-47(50)59)54-48(60)61-33-42-40-22-13-11-20-38(40)39-21-12-14-23-41(39)42/h5-14,16-23,25-28,42-43H,15,24,29-33H2,1-4H3,(H,52,58)(H,53,56)(H,54,60)(H3,50,51,59)/t43-/m0/s1. The molecule has 14 heteroatoms. The Morgan fingerprint density at radius 1 is 0.746 bits per heavy atom. The van der Waals surface area contributed by atoms with E-state index in [2.05, 4.69) is 90.6 Å². The molecule has 5 aromatic carbocycles. The second-order valence-electron chi connectivity index (χ2n) is 16.6. The number of hydrogen-bond donors (Lipinski definition) is 5. The third-order valence-electron chi connectivity index (χ3n) is 11.3. The molecule has 0 aliphatic heterocycles. The fourth-order valence-electron chi connectivity index (χ4n) is 8.13. The number of anilines is 1. The minimum atomic E-state index is -2.74. The Balaban J connectivity index is 0.999. The Morgan fingerprint density at radius 3 is 1.86 bits per heavy atom. The van der Waals surface area contributed by atoms with E-state index in [4.69, 9.17) is 14.9 Å². The first-order chi connectivity index (χ1) is 30.3. The molecule has 0 fully saturated rings. The lowest BCUT2D eigenvalue weighted by Crippen LogP contribution is -2.66. The summed E-state index contributed by atoms with van der Waals surface area (Å²) in [6.07, 6.45) is -0.388. The molecular weight excluding hydrogens is 813 g/mol. The molecule has 0 spiro atoms. The molecule has 63 heavy (non-hydrogen) atoms. The predicted octanol–water partition coefficient (Wildman–Crippen LogP) is 5.63. The molecular formula is C49H56N6O7Si. The van der Waals surface area contributed by atoms with E-state index in [0.717, 1.165) is 27.8 Å². The largest absolute Gasteiger partial charge is 0.449 e. The lowest BCUT2D eigenvalue weighted by molar-refractivity contribution is -0.134. The van der Waals surface area contributed by atoms with Crippen LogP contribution in [-0.2, 0) is 30.2 Å². The van der Waals surface area contributed by atoms with Crippen LogP contribution in [0.3, 0.4) is 0 Å². The highest BCUT2D eigenvalue weighted by Gasteiger charge is 2.50. The third kappa shape index (κ3) is 11.4. The van der Waals surface area contributed by atoms with Gasteiger partial charge in [0.1, 0.15) is 12.6 Å². The molecule has 0 unspecified atom stereocenters. The molecule has 1 aliphatic rings. The van der Waals surface area contributed by atoms with Gasteiger partial charge in [-0.15, -0.1) is 0 Å². The normalized spacial score (nSPS) is 12.6. The fourth-order valence-corrected chi connectivity index (χ4v) is 12.7. The van der Waals surface area contributed by atoms with Crippen molar-refractivity contribution in [2.75, 3.05) is 38.6 Å². The van der Waals surface area contributed by atoms with Crippen molar-refractivity contribution in [3.05, 3.63) is 150 Å². The molecule has 1 atom stereocenters. The number of carbonyl (C=O) groups is 5. The summed E-state index contributed by atoms with van der Waals surface area (Å²) < 4.78 is 12.7. The van der Waals surface area contributed by atoms with Gasteiger partial charge < -0.3 is 41.1 Å². The van der Waals surface area contributed by atoms with E-state index in [-0.39, 0.29) is 37.1 Å². The van der Waals surface area contributed by atoms with Crippen molar-refractivity contribution in [2.45, 2.75) is 57.2 Å². The van der Waals surface area contributed by atoms with Crippen LogP contribution in [0.1, 0.15) is 56.2 Å². The van der Waals surface area contributed by atoms with Crippen LogP contribution in [0.15, 0.2) is 133 Å². The first-order valence-corrected chi connectivity index (χ1v) is 23.0. The maximum absolute atomic E-state index is 13.4. The van der Waals surface area contributed by atoms with Gasteiger partial charge >= 0.3 is 12.1 Å². The van der Waals surface area contributed by atoms with Gasteiger partial charge in [-0.25, -0.2) is 9.59 Å². The highest BCUT2D eigenvalue weighted by molar-refractivity contribution is 6.99. The quantitative estimate of drug-likeness (QED) is 0.0559. The van der Waals surface area contributed by atoms with Gasteiger partial charge in [0.25, 0.3) is 8.32 Å². The number of urea groups is 1. The highest BCUT2D eigenvalue weighted by atomic mass is 28.4. The van der Waals surface area contributed by atoms with E-state index in [0.29, 0.717) is 18.7 Å². The van der Waals surface area contributed by atoms with E-state index >= 15 is 0 Å². The third-order valence-corrected chi connectivity index (χ3v) is 16.2. The molecule has 5 aromatic rings. The molecule has 328 valence electrons. The number of benzene rings is 5. The van der Waals surface area contributed by atoms with Crippen molar-refractivity contribution < 1.29 is 33.1 Å². The number of likely N-dealkylation sites (N-methyl/N-ethyl adjacent to an activating group) is 1. The van der Waals surface area contributed by atoms with Crippen molar-refractivity contribution in [1.29, 1.82) is 0 Å². The van der Waals surface area contributed by atoms with E-state index in [1.54, 1.807) is 12.1 Å². The number of ether oxygens (including phenoxy) is 1. The number of fused-ring (bicyclic) bond motifs is 3. The molecule has 6 N–H and O–H groups in total. The molecule has 1 aliphatic carbocycles. The van der Waals surface area contributed by atoms with Gasteiger partial charge in [0.15, 0.2) is 0 Å². The first kappa shape index (κ1) is 45.7. The van der Waals surface area contributed by atoms with Gasteiger partial charge in [-0.1, -0.05) is 142 Å². The predicted molar refractivity (Wildman–Crippen MR) is 247 cm³/mol. The first-order valence-electron chi connectivity index (χ1n) is 21.1. The summed E-state index contributed by atoms with van der Waals surface area (Å²) in [6.45, 7) is 6.57. The lowest BCUT2D eigenvalue weighted by atomic mass is 9.98. The van der Waals surface area contributed by atoms with Crippen LogP contribution in [0.25, 0.3) is 11.1 Å². The van der Waals surface area contributed by atoms with Crippen LogP contribution in [0.4, 0.5) is 15.3 Å². The summed E-state index contributed by atoms with van der Waals surface area (Å²) in [6, 6.07) is 42.3. The van der Waals surface area contributed by atoms with Crippen LogP contribution in [0, 0.1) is 0 Å². The minimum absolute atomic E-state index is 0.0460.